The first-order valence-corrected chi connectivity index (χ1v) is 12.3. The van der Waals surface area contributed by atoms with Gasteiger partial charge in [-0.15, -0.1) is 0 Å². The molecule has 14 nitrogen and oxygen atoms in total. The van der Waals surface area contributed by atoms with Crippen LogP contribution >= 0.6 is 0 Å². The van der Waals surface area contributed by atoms with Crippen molar-refractivity contribution in [3.8, 4) is 23.0 Å². The molecule has 4 rings (SSSR count). The monoisotopic (exact) mass is 568 g/mol. The van der Waals surface area contributed by atoms with Gasteiger partial charge in [0, 0.05) is 17.7 Å². The van der Waals surface area contributed by atoms with Gasteiger partial charge in [0.05, 0.1) is 13.2 Å². The van der Waals surface area contributed by atoms with Crippen molar-refractivity contribution >= 4 is 12.2 Å². The van der Waals surface area contributed by atoms with Crippen molar-refractivity contribution in [2.45, 2.75) is 61.4 Å². The molecule has 0 spiro atoms. The van der Waals surface area contributed by atoms with E-state index in [1.54, 1.807) is 0 Å². The molecule has 2 saturated heterocycles. The molecular weight excluding hydrogens is 536 g/mol. The summed E-state index contributed by atoms with van der Waals surface area (Å²) in [5.41, 5.74) is 0.724. The lowest BCUT2D eigenvalue weighted by Gasteiger charge is -2.39. The molecule has 0 saturated carbocycles. The van der Waals surface area contributed by atoms with E-state index in [9.17, 15) is 51.1 Å². The zero-order chi connectivity index (χ0) is 29.1. The summed E-state index contributed by atoms with van der Waals surface area (Å²) in [5.74, 6) is -0.353. The van der Waals surface area contributed by atoms with Gasteiger partial charge in [0.15, 0.2) is 0 Å². The van der Waals surface area contributed by atoms with Gasteiger partial charge in [0.25, 0.3) is 0 Å². The highest BCUT2D eigenvalue weighted by Gasteiger charge is 2.45. The van der Waals surface area contributed by atoms with E-state index in [-0.39, 0.29) is 23.0 Å². The maximum atomic E-state index is 10.5. The summed E-state index contributed by atoms with van der Waals surface area (Å²) < 4.78 is 21.6. The number of aromatic hydroxyl groups is 2. The van der Waals surface area contributed by atoms with Gasteiger partial charge in [-0.2, -0.15) is 0 Å². The Balaban J connectivity index is 1.45. The maximum Gasteiger partial charge on any atom is 0.229 e. The van der Waals surface area contributed by atoms with Crippen LogP contribution in [0.2, 0.25) is 0 Å². The third kappa shape index (κ3) is 6.47. The van der Waals surface area contributed by atoms with E-state index in [0.29, 0.717) is 11.1 Å². The Bertz CT molecular complexity index is 1170. The Hall–Kier alpha value is -3.02. The van der Waals surface area contributed by atoms with Crippen molar-refractivity contribution in [1.82, 2.24) is 0 Å². The second-order valence-electron chi connectivity index (χ2n) is 9.44. The third-order valence-corrected chi connectivity index (χ3v) is 6.57. The fraction of sp³-hybridized carbons (Fsp3) is 0.462. The van der Waals surface area contributed by atoms with E-state index in [1.165, 1.54) is 48.6 Å². The van der Waals surface area contributed by atoms with Gasteiger partial charge in [-0.25, -0.2) is 0 Å². The number of aliphatic hydroxyl groups excluding tert-OH is 8. The zero-order valence-electron chi connectivity index (χ0n) is 20.9. The van der Waals surface area contributed by atoms with Crippen LogP contribution in [0.25, 0.3) is 12.2 Å². The van der Waals surface area contributed by atoms with Gasteiger partial charge in [-0.1, -0.05) is 12.2 Å². The smallest absolute Gasteiger partial charge is 0.229 e. The molecule has 220 valence electrons. The second-order valence-corrected chi connectivity index (χ2v) is 9.44. The van der Waals surface area contributed by atoms with Crippen molar-refractivity contribution in [2.75, 3.05) is 13.2 Å². The van der Waals surface area contributed by atoms with Crippen LogP contribution in [0.1, 0.15) is 11.1 Å². The molecule has 2 heterocycles. The molecular formula is C26H32O14. The topological polar surface area (TPSA) is 239 Å². The number of hydrogen-bond acceptors (Lipinski definition) is 14. The summed E-state index contributed by atoms with van der Waals surface area (Å²) in [6, 6.07) is 8.20. The number of benzene rings is 2. The molecule has 10 N–H and O–H groups in total. The van der Waals surface area contributed by atoms with Crippen molar-refractivity contribution < 1.29 is 70.0 Å². The van der Waals surface area contributed by atoms with E-state index in [4.69, 9.17) is 18.9 Å². The molecule has 2 aliphatic heterocycles. The Labute approximate surface area is 227 Å². The molecule has 2 fully saturated rings. The van der Waals surface area contributed by atoms with E-state index >= 15 is 0 Å². The molecule has 0 aliphatic carbocycles. The molecule has 0 bridgehead atoms. The van der Waals surface area contributed by atoms with Crippen LogP contribution in [-0.4, -0.2) is 126 Å². The number of ether oxygens (including phenoxy) is 4. The summed E-state index contributed by atoms with van der Waals surface area (Å²) >= 11 is 0. The highest BCUT2D eigenvalue weighted by Crippen LogP contribution is 2.31. The van der Waals surface area contributed by atoms with Crippen LogP contribution in [0.4, 0.5) is 0 Å². The van der Waals surface area contributed by atoms with Crippen molar-refractivity contribution in [3.05, 3.63) is 47.5 Å². The minimum absolute atomic E-state index is 0.0384. The predicted molar refractivity (Wildman–Crippen MR) is 134 cm³/mol. The molecule has 2 aliphatic rings. The van der Waals surface area contributed by atoms with Crippen LogP contribution < -0.4 is 9.47 Å². The summed E-state index contributed by atoms with van der Waals surface area (Å²) in [7, 11) is 0. The molecule has 0 amide bonds. The number of phenols is 2. The summed E-state index contributed by atoms with van der Waals surface area (Å²) in [4.78, 5) is 0. The molecule has 14 heteroatoms. The van der Waals surface area contributed by atoms with Crippen molar-refractivity contribution in [3.63, 3.8) is 0 Å². The summed E-state index contributed by atoms with van der Waals surface area (Å²) in [6.07, 6.45) is -11.8. The van der Waals surface area contributed by atoms with Crippen LogP contribution in [0.5, 0.6) is 23.0 Å². The largest absolute Gasteiger partial charge is 0.508 e. The van der Waals surface area contributed by atoms with Crippen molar-refractivity contribution in [2.24, 2.45) is 0 Å². The van der Waals surface area contributed by atoms with Crippen LogP contribution in [-0.2, 0) is 9.47 Å². The SMILES string of the molecule is OCC1OC(Oc2cc(O)cc(C=Cc3ccc(OC4OC(CO)C(O)C(O)C4O)cc3O)c2)C(O)C(O)C1O. The first-order valence-electron chi connectivity index (χ1n) is 12.3. The lowest BCUT2D eigenvalue weighted by atomic mass is 9.99. The fourth-order valence-electron chi connectivity index (χ4n) is 4.29. The average molecular weight is 569 g/mol. The number of hydrogen-bond donors (Lipinski definition) is 10. The lowest BCUT2D eigenvalue weighted by molar-refractivity contribution is -0.277. The number of aliphatic hydroxyl groups is 8. The average Bonchev–Trinajstić information content (AvgIpc) is 2.93. The van der Waals surface area contributed by atoms with Gasteiger partial charge >= 0.3 is 0 Å². The minimum atomic E-state index is -1.64. The Morgan fingerprint density at radius 1 is 0.625 bits per heavy atom. The van der Waals surface area contributed by atoms with E-state index in [2.05, 4.69) is 0 Å². The minimum Gasteiger partial charge on any atom is -0.508 e. The first-order chi connectivity index (χ1) is 19.0. The Kier molecular flexibility index (Phi) is 9.48. The van der Waals surface area contributed by atoms with Crippen molar-refractivity contribution in [1.29, 1.82) is 0 Å². The first kappa shape index (κ1) is 30.0. The Morgan fingerprint density at radius 3 is 1.70 bits per heavy atom. The normalized spacial score (nSPS) is 34.6. The number of rotatable bonds is 8. The highest BCUT2D eigenvalue weighted by molar-refractivity contribution is 5.74. The van der Waals surface area contributed by atoms with Crippen LogP contribution in [0.15, 0.2) is 36.4 Å². The molecule has 2 aromatic carbocycles. The molecule has 2 aromatic rings. The van der Waals surface area contributed by atoms with Gasteiger partial charge in [0.1, 0.15) is 71.8 Å². The second kappa shape index (κ2) is 12.7. The molecule has 0 radical (unpaired) electrons. The molecule has 40 heavy (non-hydrogen) atoms. The van der Waals surface area contributed by atoms with Gasteiger partial charge in [0.2, 0.25) is 12.6 Å². The van der Waals surface area contributed by atoms with Gasteiger partial charge in [-0.05, 0) is 29.8 Å². The standard InChI is InChI=1S/C26H32O14/c27-9-17-19(31)21(33)23(35)25(39-17)37-14-4-3-12(16(30)8-14)2-1-11-5-13(29)7-15(6-11)38-26-24(36)22(34)20(32)18(10-28)40-26/h1-8,17-36H,9-10H2. The molecule has 10 unspecified atom stereocenters. The molecule has 0 aromatic heterocycles. The van der Waals surface area contributed by atoms with E-state index in [1.807, 2.05) is 0 Å². The fourth-order valence-corrected chi connectivity index (χ4v) is 4.29. The van der Waals surface area contributed by atoms with E-state index < -0.39 is 74.6 Å². The summed E-state index contributed by atoms with van der Waals surface area (Å²) in [6.45, 7) is -1.25. The number of phenolic OH excluding ortho intramolecular Hbond substituents is 2. The zero-order valence-corrected chi connectivity index (χ0v) is 20.9. The quantitative estimate of drug-likeness (QED) is 0.150. The van der Waals surface area contributed by atoms with Crippen LogP contribution in [0.3, 0.4) is 0 Å². The Morgan fingerprint density at radius 2 is 1.18 bits per heavy atom. The predicted octanol–water partition coefficient (Wildman–Crippen LogP) is -2.37. The van der Waals surface area contributed by atoms with Gasteiger partial charge < -0.3 is 70.0 Å². The molecule has 10 atom stereocenters. The van der Waals surface area contributed by atoms with Crippen LogP contribution in [0, 0.1) is 0 Å². The highest BCUT2D eigenvalue weighted by atomic mass is 16.7. The lowest BCUT2D eigenvalue weighted by Crippen LogP contribution is -2.60. The van der Waals surface area contributed by atoms with Gasteiger partial charge in [-0.3, -0.25) is 0 Å². The summed E-state index contributed by atoms with van der Waals surface area (Å²) in [5, 5.41) is 99.2. The van der Waals surface area contributed by atoms with E-state index in [0.717, 1.165) is 0 Å². The maximum absolute atomic E-state index is 10.5. The third-order valence-electron chi connectivity index (χ3n) is 6.57.